The third-order valence-corrected chi connectivity index (χ3v) is 5.16. The van der Waals surface area contributed by atoms with Crippen molar-refractivity contribution in [3.05, 3.63) is 58.6 Å². The highest BCUT2D eigenvalue weighted by molar-refractivity contribution is 6.31. The summed E-state index contributed by atoms with van der Waals surface area (Å²) in [7, 11) is 3.21. The molecular weight excluding hydrogens is 364 g/mol. The summed E-state index contributed by atoms with van der Waals surface area (Å²) in [4.78, 5) is 15.2. The number of benzene rings is 2. The minimum atomic E-state index is -0.193. The summed E-state index contributed by atoms with van der Waals surface area (Å²) in [6.07, 6.45) is 2.35. The highest BCUT2D eigenvalue weighted by Gasteiger charge is 2.25. The van der Waals surface area contributed by atoms with Crippen LogP contribution in [-0.4, -0.2) is 44.7 Å². The molecule has 0 aliphatic carbocycles. The van der Waals surface area contributed by atoms with Crippen molar-refractivity contribution < 1.29 is 14.3 Å². The van der Waals surface area contributed by atoms with Gasteiger partial charge < -0.3 is 14.8 Å². The number of hydrogen-bond acceptors (Lipinski definition) is 4. The van der Waals surface area contributed by atoms with Gasteiger partial charge in [0.2, 0.25) is 0 Å². The lowest BCUT2D eigenvalue weighted by Gasteiger charge is -2.28. The maximum atomic E-state index is 12.8. The number of nitrogens with one attached hydrogen (secondary N) is 1. The Hall–Kier alpha value is -2.24. The van der Waals surface area contributed by atoms with Crippen LogP contribution >= 0.6 is 11.6 Å². The average molecular weight is 389 g/mol. The van der Waals surface area contributed by atoms with Crippen molar-refractivity contribution in [1.29, 1.82) is 0 Å². The molecule has 1 aliphatic rings. The van der Waals surface area contributed by atoms with Crippen LogP contribution in [0.1, 0.15) is 34.8 Å². The molecule has 0 saturated carbocycles. The molecule has 1 heterocycles. The molecule has 0 aromatic heterocycles. The molecule has 1 N–H and O–H groups in total. The van der Waals surface area contributed by atoms with Crippen molar-refractivity contribution in [2.75, 3.05) is 33.9 Å². The Kier molecular flexibility index (Phi) is 6.58. The van der Waals surface area contributed by atoms with Crippen molar-refractivity contribution in [1.82, 2.24) is 10.2 Å². The van der Waals surface area contributed by atoms with E-state index in [1.165, 1.54) is 12.8 Å². The smallest absolute Gasteiger partial charge is 0.255 e. The van der Waals surface area contributed by atoms with Gasteiger partial charge in [0, 0.05) is 11.6 Å². The Bertz CT molecular complexity index is 791. The number of rotatable bonds is 7. The fourth-order valence-corrected chi connectivity index (χ4v) is 3.67. The first-order valence-corrected chi connectivity index (χ1v) is 9.50. The summed E-state index contributed by atoms with van der Waals surface area (Å²) in [5, 5.41) is 3.56. The van der Waals surface area contributed by atoms with Gasteiger partial charge in [0.1, 0.15) is 11.5 Å². The van der Waals surface area contributed by atoms with Crippen molar-refractivity contribution >= 4 is 17.5 Å². The molecule has 2 aromatic rings. The van der Waals surface area contributed by atoms with E-state index in [4.69, 9.17) is 21.1 Å². The van der Waals surface area contributed by atoms with Gasteiger partial charge in [-0.15, -0.1) is 0 Å². The maximum Gasteiger partial charge on any atom is 0.255 e. The Morgan fingerprint density at radius 3 is 2.63 bits per heavy atom. The molecule has 1 fully saturated rings. The van der Waals surface area contributed by atoms with E-state index in [1.807, 2.05) is 18.2 Å². The van der Waals surface area contributed by atoms with E-state index >= 15 is 0 Å². The molecule has 6 heteroatoms. The Morgan fingerprint density at radius 2 is 1.93 bits per heavy atom. The molecule has 1 amide bonds. The van der Waals surface area contributed by atoms with Gasteiger partial charge in [-0.25, -0.2) is 0 Å². The molecule has 1 unspecified atom stereocenters. The van der Waals surface area contributed by atoms with Crippen molar-refractivity contribution in [3.63, 3.8) is 0 Å². The van der Waals surface area contributed by atoms with Crippen LogP contribution < -0.4 is 14.8 Å². The number of hydrogen-bond donors (Lipinski definition) is 1. The summed E-state index contributed by atoms with van der Waals surface area (Å²) in [6, 6.07) is 13.2. The molecule has 0 bridgehead atoms. The third-order valence-electron chi connectivity index (χ3n) is 4.92. The number of methoxy groups -OCH3 is 2. The molecule has 3 rings (SSSR count). The van der Waals surface area contributed by atoms with E-state index in [0.29, 0.717) is 22.9 Å². The quantitative estimate of drug-likeness (QED) is 0.780. The SMILES string of the molecule is COc1cccc(C(CNC(=O)c2cc(Cl)ccc2OC)N2CCCC2)c1. The van der Waals surface area contributed by atoms with Crippen LogP contribution in [0.4, 0.5) is 0 Å². The average Bonchev–Trinajstić information content (AvgIpc) is 3.22. The second-order valence-corrected chi connectivity index (χ2v) is 7.03. The molecule has 27 heavy (non-hydrogen) atoms. The first-order valence-electron chi connectivity index (χ1n) is 9.12. The first-order chi connectivity index (χ1) is 13.1. The van der Waals surface area contributed by atoms with Crippen molar-refractivity contribution in [3.8, 4) is 11.5 Å². The summed E-state index contributed by atoms with van der Waals surface area (Å²) in [6.45, 7) is 2.55. The largest absolute Gasteiger partial charge is 0.497 e. The van der Waals surface area contributed by atoms with Crippen LogP contribution in [0.25, 0.3) is 0 Å². The standard InChI is InChI=1S/C21H25ClN2O3/c1-26-17-7-5-6-15(12-17)19(24-10-3-4-11-24)14-23-21(25)18-13-16(22)8-9-20(18)27-2/h5-9,12-13,19H,3-4,10-11,14H2,1-2H3,(H,23,25). The fourth-order valence-electron chi connectivity index (χ4n) is 3.50. The molecule has 144 valence electrons. The van der Waals surface area contributed by atoms with Crippen LogP contribution in [0.3, 0.4) is 0 Å². The number of carbonyl (C=O) groups excluding carboxylic acids is 1. The van der Waals surface area contributed by atoms with Gasteiger partial charge in [-0.3, -0.25) is 9.69 Å². The van der Waals surface area contributed by atoms with Crippen LogP contribution in [0.15, 0.2) is 42.5 Å². The molecule has 5 nitrogen and oxygen atoms in total. The minimum Gasteiger partial charge on any atom is -0.497 e. The van der Waals surface area contributed by atoms with E-state index < -0.39 is 0 Å². The molecule has 0 radical (unpaired) electrons. The molecular formula is C21H25ClN2O3. The summed E-state index contributed by atoms with van der Waals surface area (Å²) < 4.78 is 10.7. The lowest BCUT2D eigenvalue weighted by Crippen LogP contribution is -2.37. The number of nitrogens with zero attached hydrogens (tertiary/aromatic N) is 1. The second-order valence-electron chi connectivity index (χ2n) is 6.59. The zero-order chi connectivity index (χ0) is 19.2. The highest BCUT2D eigenvalue weighted by atomic mass is 35.5. The van der Waals surface area contributed by atoms with Crippen LogP contribution in [-0.2, 0) is 0 Å². The van der Waals surface area contributed by atoms with Crippen molar-refractivity contribution in [2.45, 2.75) is 18.9 Å². The Balaban J connectivity index is 1.78. The number of carbonyl (C=O) groups is 1. The monoisotopic (exact) mass is 388 g/mol. The molecule has 1 atom stereocenters. The normalized spacial score (nSPS) is 15.4. The van der Waals surface area contributed by atoms with Gasteiger partial charge in [-0.2, -0.15) is 0 Å². The number of ether oxygens (including phenoxy) is 2. The van der Waals surface area contributed by atoms with Gasteiger partial charge in [0.25, 0.3) is 5.91 Å². The Labute approximate surface area is 165 Å². The van der Waals surface area contributed by atoms with Gasteiger partial charge in [0.15, 0.2) is 0 Å². The second kappa shape index (κ2) is 9.11. The zero-order valence-corrected chi connectivity index (χ0v) is 16.5. The number of halogens is 1. The molecule has 2 aromatic carbocycles. The summed E-state index contributed by atoms with van der Waals surface area (Å²) in [5.41, 5.74) is 1.57. The predicted molar refractivity (Wildman–Crippen MR) is 107 cm³/mol. The zero-order valence-electron chi connectivity index (χ0n) is 15.7. The number of amides is 1. The van der Waals surface area contributed by atoms with E-state index in [1.54, 1.807) is 32.4 Å². The van der Waals surface area contributed by atoms with E-state index in [-0.39, 0.29) is 11.9 Å². The first kappa shape index (κ1) is 19.5. The summed E-state index contributed by atoms with van der Waals surface area (Å²) >= 11 is 6.06. The highest BCUT2D eigenvalue weighted by Crippen LogP contribution is 2.28. The van der Waals surface area contributed by atoms with Gasteiger partial charge >= 0.3 is 0 Å². The van der Waals surface area contributed by atoms with E-state index in [0.717, 1.165) is 24.4 Å². The topological polar surface area (TPSA) is 50.8 Å². The van der Waals surface area contributed by atoms with Gasteiger partial charge in [-0.1, -0.05) is 23.7 Å². The Morgan fingerprint density at radius 1 is 1.15 bits per heavy atom. The lowest BCUT2D eigenvalue weighted by atomic mass is 10.0. The lowest BCUT2D eigenvalue weighted by molar-refractivity contribution is 0.0935. The fraction of sp³-hybridized carbons (Fsp3) is 0.381. The molecule has 0 spiro atoms. The van der Waals surface area contributed by atoms with Gasteiger partial charge in [0.05, 0.1) is 25.8 Å². The molecule has 1 aliphatic heterocycles. The van der Waals surface area contributed by atoms with E-state index in [9.17, 15) is 4.79 Å². The predicted octanol–water partition coefficient (Wildman–Crippen LogP) is 3.92. The van der Waals surface area contributed by atoms with Crippen LogP contribution in [0.2, 0.25) is 5.02 Å². The third kappa shape index (κ3) is 4.73. The van der Waals surface area contributed by atoms with E-state index in [2.05, 4.69) is 16.3 Å². The van der Waals surface area contributed by atoms with Gasteiger partial charge in [-0.05, 0) is 61.8 Å². The maximum absolute atomic E-state index is 12.8. The summed E-state index contributed by atoms with van der Waals surface area (Å²) in [5.74, 6) is 1.14. The number of likely N-dealkylation sites (tertiary alicyclic amines) is 1. The minimum absolute atomic E-state index is 0.0942. The van der Waals surface area contributed by atoms with Crippen LogP contribution in [0, 0.1) is 0 Å². The van der Waals surface area contributed by atoms with Crippen molar-refractivity contribution in [2.24, 2.45) is 0 Å². The van der Waals surface area contributed by atoms with Crippen LogP contribution in [0.5, 0.6) is 11.5 Å². The molecule has 1 saturated heterocycles.